The first-order valence-electron chi connectivity index (χ1n) is 8.05. The minimum absolute atomic E-state index is 0.0151. The van der Waals surface area contributed by atoms with Gasteiger partial charge in [-0.15, -0.1) is 0 Å². The van der Waals surface area contributed by atoms with E-state index in [4.69, 9.17) is 9.47 Å². The molecule has 1 aromatic rings. The predicted octanol–water partition coefficient (Wildman–Crippen LogP) is 3.24. The molecule has 1 heterocycles. The maximum atomic E-state index is 12.2. The van der Waals surface area contributed by atoms with Gasteiger partial charge in [-0.25, -0.2) is 0 Å². The Morgan fingerprint density at radius 3 is 2.44 bits per heavy atom. The Balaban J connectivity index is 2.06. The minimum Gasteiger partial charge on any atom is -0.486 e. The van der Waals surface area contributed by atoms with Crippen LogP contribution in [-0.2, 0) is 9.53 Å². The van der Waals surface area contributed by atoms with E-state index in [1.807, 2.05) is 13.8 Å². The molecule has 0 saturated carbocycles. The molecule has 1 aliphatic rings. The van der Waals surface area contributed by atoms with Crippen LogP contribution in [0, 0.1) is 5.92 Å². The number of carbonyl (C=O) groups excluding carboxylic acids is 1. The van der Waals surface area contributed by atoms with Gasteiger partial charge in [0, 0.05) is 0 Å². The second-order valence-corrected chi connectivity index (χ2v) is 6.20. The first-order valence-corrected chi connectivity index (χ1v) is 8.05. The van der Waals surface area contributed by atoms with Crippen molar-refractivity contribution in [2.45, 2.75) is 39.1 Å². The Morgan fingerprint density at radius 2 is 1.84 bits per heavy atom. The average Bonchev–Trinajstić information content (AvgIpc) is 2.55. The second-order valence-electron chi connectivity index (χ2n) is 6.20. The number of ether oxygens (including phenoxy) is 3. The predicted molar refractivity (Wildman–Crippen MR) is 84.6 cm³/mol. The van der Waals surface area contributed by atoms with Gasteiger partial charge in [0.25, 0.3) is 0 Å². The van der Waals surface area contributed by atoms with Crippen molar-refractivity contribution in [3.05, 3.63) is 23.8 Å². The molecule has 8 heteroatoms. The molecule has 0 spiro atoms. The van der Waals surface area contributed by atoms with Crippen molar-refractivity contribution < 1.29 is 32.2 Å². The summed E-state index contributed by atoms with van der Waals surface area (Å²) in [5.41, 5.74) is 0.788. The molecule has 2 unspecified atom stereocenters. The van der Waals surface area contributed by atoms with Gasteiger partial charge in [-0.2, -0.15) is 13.2 Å². The Labute approximate surface area is 144 Å². The van der Waals surface area contributed by atoms with Gasteiger partial charge in [0.2, 0.25) is 5.91 Å². The van der Waals surface area contributed by atoms with Gasteiger partial charge in [-0.05, 0) is 30.5 Å². The molecule has 1 N–H and O–H groups in total. The zero-order valence-electron chi connectivity index (χ0n) is 14.4. The van der Waals surface area contributed by atoms with Crippen molar-refractivity contribution in [3.63, 3.8) is 0 Å². The highest BCUT2D eigenvalue weighted by atomic mass is 19.4. The fraction of sp³-hybridized carbons (Fsp3) is 0.588. The summed E-state index contributed by atoms with van der Waals surface area (Å²) in [6, 6.07) is 4.95. The van der Waals surface area contributed by atoms with Gasteiger partial charge in [0.1, 0.15) is 25.9 Å². The van der Waals surface area contributed by atoms with Crippen LogP contribution in [0.3, 0.4) is 0 Å². The maximum absolute atomic E-state index is 12.2. The van der Waals surface area contributed by atoms with Crippen LogP contribution in [0.2, 0.25) is 0 Å². The number of carbonyl (C=O) groups is 1. The highest BCUT2D eigenvalue weighted by Crippen LogP contribution is 2.34. The summed E-state index contributed by atoms with van der Waals surface area (Å²) >= 11 is 0. The molecule has 25 heavy (non-hydrogen) atoms. The molecule has 2 rings (SSSR count). The van der Waals surface area contributed by atoms with Gasteiger partial charge in [-0.1, -0.05) is 19.9 Å². The Hall–Kier alpha value is -1.96. The summed E-state index contributed by atoms with van der Waals surface area (Å²) in [7, 11) is 0. The molecule has 1 aliphatic heterocycles. The van der Waals surface area contributed by atoms with Crippen molar-refractivity contribution in [2.75, 3.05) is 19.8 Å². The van der Waals surface area contributed by atoms with Crippen molar-refractivity contribution >= 4 is 5.91 Å². The Kier molecular flexibility index (Phi) is 6.16. The summed E-state index contributed by atoms with van der Waals surface area (Å²) < 4.78 is 52.2. The van der Waals surface area contributed by atoms with Crippen molar-refractivity contribution in [1.82, 2.24) is 5.32 Å². The number of fused-ring (bicyclic) bond motifs is 1. The van der Waals surface area contributed by atoms with E-state index < -0.39 is 24.8 Å². The second kappa shape index (κ2) is 7.95. The highest BCUT2D eigenvalue weighted by molar-refractivity contribution is 5.80. The number of rotatable bonds is 6. The van der Waals surface area contributed by atoms with Crippen LogP contribution < -0.4 is 14.8 Å². The summed E-state index contributed by atoms with van der Waals surface area (Å²) in [5.74, 6) is 0.634. The lowest BCUT2D eigenvalue weighted by Gasteiger charge is -2.26. The van der Waals surface area contributed by atoms with Gasteiger partial charge in [-0.3, -0.25) is 4.79 Å². The SMILES string of the molecule is CC(OCC(F)(F)F)C(=O)NC(c1ccc2c(c1)OCCO2)C(C)C. The number of halogens is 3. The van der Waals surface area contributed by atoms with Crippen LogP contribution in [0.15, 0.2) is 18.2 Å². The molecule has 1 aromatic carbocycles. The lowest BCUT2D eigenvalue weighted by molar-refractivity contribution is -0.185. The topological polar surface area (TPSA) is 56.8 Å². The van der Waals surface area contributed by atoms with Crippen LogP contribution >= 0.6 is 0 Å². The molecule has 0 saturated heterocycles. The lowest BCUT2D eigenvalue weighted by Crippen LogP contribution is -2.40. The van der Waals surface area contributed by atoms with Crippen LogP contribution in [0.1, 0.15) is 32.4 Å². The monoisotopic (exact) mass is 361 g/mol. The van der Waals surface area contributed by atoms with Crippen LogP contribution in [0.5, 0.6) is 11.5 Å². The van der Waals surface area contributed by atoms with Crippen LogP contribution in [-0.4, -0.2) is 38.0 Å². The normalized spacial score (nSPS) is 16.4. The number of hydrogen-bond donors (Lipinski definition) is 1. The molecule has 0 bridgehead atoms. The summed E-state index contributed by atoms with van der Waals surface area (Å²) in [4.78, 5) is 12.2. The van der Waals surface area contributed by atoms with E-state index in [1.54, 1.807) is 18.2 Å². The molecule has 0 radical (unpaired) electrons. The molecule has 1 amide bonds. The minimum atomic E-state index is -4.47. The van der Waals surface area contributed by atoms with E-state index in [1.165, 1.54) is 6.92 Å². The third-order valence-corrected chi connectivity index (χ3v) is 3.76. The molecule has 5 nitrogen and oxygen atoms in total. The zero-order chi connectivity index (χ0) is 18.6. The highest BCUT2D eigenvalue weighted by Gasteiger charge is 2.31. The summed E-state index contributed by atoms with van der Waals surface area (Å²) in [6.07, 6.45) is -5.68. The summed E-state index contributed by atoms with van der Waals surface area (Å²) in [6.45, 7) is 4.56. The third-order valence-electron chi connectivity index (χ3n) is 3.76. The van der Waals surface area contributed by atoms with Crippen molar-refractivity contribution in [3.8, 4) is 11.5 Å². The molecule has 140 valence electrons. The van der Waals surface area contributed by atoms with Crippen LogP contribution in [0.25, 0.3) is 0 Å². The van der Waals surface area contributed by atoms with E-state index in [9.17, 15) is 18.0 Å². The van der Waals surface area contributed by atoms with E-state index in [0.29, 0.717) is 24.7 Å². The molecule has 0 aromatic heterocycles. The van der Waals surface area contributed by atoms with Crippen molar-refractivity contribution in [1.29, 1.82) is 0 Å². The average molecular weight is 361 g/mol. The van der Waals surface area contributed by atoms with Gasteiger partial charge in [0.15, 0.2) is 11.5 Å². The maximum Gasteiger partial charge on any atom is 0.411 e. The largest absolute Gasteiger partial charge is 0.486 e. The third kappa shape index (κ3) is 5.52. The molecular formula is C17H22F3NO4. The fourth-order valence-corrected chi connectivity index (χ4v) is 2.45. The Morgan fingerprint density at radius 1 is 1.20 bits per heavy atom. The summed E-state index contributed by atoms with van der Waals surface area (Å²) in [5, 5.41) is 2.75. The molecule has 2 atom stereocenters. The van der Waals surface area contributed by atoms with Crippen LogP contribution in [0.4, 0.5) is 13.2 Å². The molecule has 0 fully saturated rings. The first-order chi connectivity index (χ1) is 11.7. The van der Waals surface area contributed by atoms with E-state index in [0.717, 1.165) is 5.56 Å². The number of hydrogen-bond acceptors (Lipinski definition) is 4. The Bertz CT molecular complexity index is 604. The molecule has 0 aliphatic carbocycles. The standard InChI is InChI=1S/C17H22F3NO4/c1-10(2)15(21-16(22)11(3)25-9-17(18,19)20)12-4-5-13-14(8-12)24-7-6-23-13/h4-5,8,10-11,15H,6-7,9H2,1-3H3,(H,21,22). The van der Waals surface area contributed by atoms with E-state index in [2.05, 4.69) is 10.1 Å². The number of benzene rings is 1. The smallest absolute Gasteiger partial charge is 0.411 e. The van der Waals surface area contributed by atoms with Crippen molar-refractivity contribution in [2.24, 2.45) is 5.92 Å². The number of alkyl halides is 3. The zero-order valence-corrected chi connectivity index (χ0v) is 14.4. The van der Waals surface area contributed by atoms with Gasteiger partial charge in [0.05, 0.1) is 6.04 Å². The first kappa shape index (κ1) is 19.4. The molecular weight excluding hydrogens is 339 g/mol. The lowest BCUT2D eigenvalue weighted by atomic mass is 9.95. The van der Waals surface area contributed by atoms with Gasteiger partial charge < -0.3 is 19.5 Å². The van der Waals surface area contributed by atoms with E-state index in [-0.39, 0.29) is 12.0 Å². The fourth-order valence-electron chi connectivity index (χ4n) is 2.45. The quantitative estimate of drug-likeness (QED) is 0.845. The number of nitrogens with one attached hydrogen (secondary N) is 1. The van der Waals surface area contributed by atoms with Gasteiger partial charge >= 0.3 is 6.18 Å². The van der Waals surface area contributed by atoms with E-state index >= 15 is 0 Å². The number of amides is 1.